The summed E-state index contributed by atoms with van der Waals surface area (Å²) in [5, 5.41) is 0. The summed E-state index contributed by atoms with van der Waals surface area (Å²) < 4.78 is 0. The quantitative estimate of drug-likeness (QED) is 0.763. The fourth-order valence-electron chi connectivity index (χ4n) is 6.09. The Bertz CT molecular complexity index is 752. The molecular weight excluding hydrogens is 372 g/mol. The number of hydrogen-bond donors (Lipinski definition) is 0. The number of nitrogens with zero attached hydrogens (tertiary/aromatic N) is 4. The lowest BCUT2D eigenvalue weighted by molar-refractivity contribution is 0.0708. The van der Waals surface area contributed by atoms with Gasteiger partial charge in [-0.3, -0.25) is 9.69 Å². The van der Waals surface area contributed by atoms with E-state index in [1.807, 2.05) is 0 Å². The highest BCUT2D eigenvalue weighted by Gasteiger charge is 2.32. The second kappa shape index (κ2) is 8.97. The number of piperazine rings is 1. The van der Waals surface area contributed by atoms with Gasteiger partial charge < -0.3 is 14.7 Å². The third kappa shape index (κ3) is 4.30. The number of rotatable bonds is 4. The standard InChI is InChI=1S/C25H38N4O/c1-26-13-15-28(16-14-26)23-9-8-20-17-22(7-6-21(20)18-23)25(30)29-12-4-5-24(29)19-27-10-2-3-11-27/h6-7,17,23-24H,2-5,8-16,18-19H2,1H3. The Morgan fingerprint density at radius 3 is 2.53 bits per heavy atom. The summed E-state index contributed by atoms with van der Waals surface area (Å²) >= 11 is 0. The molecule has 164 valence electrons. The Morgan fingerprint density at radius 1 is 0.933 bits per heavy atom. The van der Waals surface area contributed by atoms with E-state index in [4.69, 9.17) is 0 Å². The average Bonchev–Trinajstić information content (AvgIpc) is 3.45. The SMILES string of the molecule is CN1CCN(C2CCc3cc(C(=O)N4CCCC4CN4CCCC4)ccc3C2)CC1. The summed E-state index contributed by atoms with van der Waals surface area (Å²) in [5.74, 6) is 0.265. The molecule has 2 atom stereocenters. The highest BCUT2D eigenvalue weighted by molar-refractivity contribution is 5.95. The molecule has 0 aromatic heterocycles. The molecule has 5 heteroatoms. The lowest BCUT2D eigenvalue weighted by atomic mass is 9.86. The molecule has 4 aliphatic rings. The van der Waals surface area contributed by atoms with E-state index in [9.17, 15) is 4.79 Å². The number of amides is 1. The first-order chi connectivity index (χ1) is 14.7. The predicted molar refractivity (Wildman–Crippen MR) is 121 cm³/mol. The molecule has 0 bridgehead atoms. The van der Waals surface area contributed by atoms with Gasteiger partial charge in [0.1, 0.15) is 0 Å². The molecule has 1 amide bonds. The molecule has 3 fully saturated rings. The van der Waals surface area contributed by atoms with Crippen LogP contribution in [0.2, 0.25) is 0 Å². The smallest absolute Gasteiger partial charge is 0.254 e. The first-order valence-corrected chi connectivity index (χ1v) is 12.2. The molecule has 2 unspecified atom stereocenters. The Morgan fingerprint density at radius 2 is 1.73 bits per heavy atom. The van der Waals surface area contributed by atoms with E-state index in [0.29, 0.717) is 12.1 Å². The summed E-state index contributed by atoms with van der Waals surface area (Å²) in [4.78, 5) is 23.2. The summed E-state index contributed by atoms with van der Waals surface area (Å²) in [6.45, 7) is 9.19. The maximum Gasteiger partial charge on any atom is 0.254 e. The number of hydrogen-bond acceptors (Lipinski definition) is 4. The fraction of sp³-hybridized carbons (Fsp3) is 0.720. The van der Waals surface area contributed by atoms with Crippen LogP contribution in [0.15, 0.2) is 18.2 Å². The van der Waals surface area contributed by atoms with Crippen molar-refractivity contribution in [2.24, 2.45) is 0 Å². The molecule has 5 nitrogen and oxygen atoms in total. The minimum Gasteiger partial charge on any atom is -0.334 e. The largest absolute Gasteiger partial charge is 0.334 e. The van der Waals surface area contributed by atoms with Gasteiger partial charge in [-0.25, -0.2) is 0 Å². The van der Waals surface area contributed by atoms with E-state index < -0.39 is 0 Å². The van der Waals surface area contributed by atoms with Crippen LogP contribution in [-0.2, 0) is 12.8 Å². The molecule has 0 saturated carbocycles. The third-order valence-electron chi connectivity index (χ3n) is 8.02. The Balaban J connectivity index is 1.24. The van der Waals surface area contributed by atoms with Crippen molar-refractivity contribution >= 4 is 5.91 Å². The molecule has 3 heterocycles. The normalized spacial score (nSPS) is 28.8. The summed E-state index contributed by atoms with van der Waals surface area (Å²) in [6.07, 6.45) is 8.46. The molecular formula is C25H38N4O. The van der Waals surface area contributed by atoms with Gasteiger partial charge in [0.15, 0.2) is 0 Å². The van der Waals surface area contributed by atoms with Gasteiger partial charge >= 0.3 is 0 Å². The van der Waals surface area contributed by atoms with Crippen LogP contribution in [0.4, 0.5) is 0 Å². The van der Waals surface area contributed by atoms with Gasteiger partial charge in [-0.2, -0.15) is 0 Å². The first kappa shape index (κ1) is 20.5. The van der Waals surface area contributed by atoms with E-state index in [1.54, 1.807) is 0 Å². The molecule has 0 spiro atoms. The topological polar surface area (TPSA) is 30.0 Å². The molecule has 1 aromatic rings. The van der Waals surface area contributed by atoms with Gasteiger partial charge in [0.05, 0.1) is 0 Å². The molecule has 0 N–H and O–H groups in total. The van der Waals surface area contributed by atoms with E-state index in [-0.39, 0.29) is 5.91 Å². The number of likely N-dealkylation sites (N-methyl/N-ethyl adjacent to an activating group) is 1. The van der Waals surface area contributed by atoms with Crippen molar-refractivity contribution in [2.75, 3.05) is 59.4 Å². The second-order valence-electron chi connectivity index (χ2n) is 10.0. The number of aryl methyl sites for hydroxylation is 1. The Labute approximate surface area is 182 Å². The highest BCUT2D eigenvalue weighted by atomic mass is 16.2. The third-order valence-corrected chi connectivity index (χ3v) is 8.02. The Kier molecular flexibility index (Phi) is 6.12. The molecule has 3 saturated heterocycles. The maximum absolute atomic E-state index is 13.4. The molecule has 5 rings (SSSR count). The van der Waals surface area contributed by atoms with Gasteiger partial charge in [0, 0.05) is 56.9 Å². The van der Waals surface area contributed by atoms with Crippen molar-refractivity contribution in [2.45, 2.75) is 57.0 Å². The lowest BCUT2D eigenvalue weighted by Gasteiger charge is -2.40. The van der Waals surface area contributed by atoms with Crippen LogP contribution in [0.5, 0.6) is 0 Å². The molecule has 1 aliphatic carbocycles. The number of likely N-dealkylation sites (tertiary alicyclic amines) is 2. The number of carbonyl (C=O) groups is 1. The van der Waals surface area contributed by atoms with Crippen molar-refractivity contribution < 1.29 is 4.79 Å². The summed E-state index contributed by atoms with van der Waals surface area (Å²) in [6, 6.07) is 7.68. The molecule has 1 aromatic carbocycles. The van der Waals surface area contributed by atoms with Gasteiger partial charge in [0.25, 0.3) is 5.91 Å². The number of carbonyl (C=O) groups excluding carboxylic acids is 1. The van der Waals surface area contributed by atoms with Gasteiger partial charge in [-0.1, -0.05) is 6.07 Å². The minimum absolute atomic E-state index is 0.265. The van der Waals surface area contributed by atoms with Crippen LogP contribution >= 0.6 is 0 Å². The van der Waals surface area contributed by atoms with E-state index >= 15 is 0 Å². The van der Waals surface area contributed by atoms with Crippen LogP contribution in [-0.4, -0.2) is 97.0 Å². The molecule has 30 heavy (non-hydrogen) atoms. The summed E-state index contributed by atoms with van der Waals surface area (Å²) in [7, 11) is 2.22. The summed E-state index contributed by atoms with van der Waals surface area (Å²) in [5.41, 5.74) is 3.80. The van der Waals surface area contributed by atoms with Crippen molar-refractivity contribution in [3.8, 4) is 0 Å². The van der Waals surface area contributed by atoms with Crippen LogP contribution in [0.1, 0.15) is 53.6 Å². The zero-order valence-corrected chi connectivity index (χ0v) is 18.7. The van der Waals surface area contributed by atoms with Crippen molar-refractivity contribution in [1.29, 1.82) is 0 Å². The highest BCUT2D eigenvalue weighted by Crippen LogP contribution is 2.28. The monoisotopic (exact) mass is 410 g/mol. The van der Waals surface area contributed by atoms with Gasteiger partial charge in [0.2, 0.25) is 0 Å². The van der Waals surface area contributed by atoms with Crippen molar-refractivity contribution in [1.82, 2.24) is 19.6 Å². The maximum atomic E-state index is 13.4. The van der Waals surface area contributed by atoms with E-state index in [2.05, 4.69) is 44.8 Å². The fourth-order valence-corrected chi connectivity index (χ4v) is 6.09. The van der Waals surface area contributed by atoms with Crippen molar-refractivity contribution in [3.63, 3.8) is 0 Å². The van der Waals surface area contributed by atoms with E-state index in [0.717, 1.165) is 37.9 Å². The molecule has 0 radical (unpaired) electrons. The van der Waals surface area contributed by atoms with E-state index in [1.165, 1.54) is 76.1 Å². The number of fused-ring (bicyclic) bond motifs is 1. The average molecular weight is 411 g/mol. The first-order valence-electron chi connectivity index (χ1n) is 12.2. The van der Waals surface area contributed by atoms with Crippen LogP contribution in [0.25, 0.3) is 0 Å². The van der Waals surface area contributed by atoms with Crippen LogP contribution in [0, 0.1) is 0 Å². The van der Waals surface area contributed by atoms with Gasteiger partial charge in [-0.15, -0.1) is 0 Å². The zero-order valence-electron chi connectivity index (χ0n) is 18.7. The zero-order chi connectivity index (χ0) is 20.5. The minimum atomic E-state index is 0.265. The molecule has 3 aliphatic heterocycles. The van der Waals surface area contributed by atoms with Gasteiger partial charge in [-0.05, 0) is 88.3 Å². The predicted octanol–water partition coefficient (Wildman–Crippen LogP) is 2.49. The lowest BCUT2D eigenvalue weighted by Crippen LogP contribution is -2.50. The van der Waals surface area contributed by atoms with Crippen LogP contribution in [0.3, 0.4) is 0 Å². The number of benzene rings is 1. The van der Waals surface area contributed by atoms with Crippen LogP contribution < -0.4 is 0 Å². The van der Waals surface area contributed by atoms with Crippen molar-refractivity contribution in [3.05, 3.63) is 34.9 Å². The Hall–Kier alpha value is -1.43. The second-order valence-corrected chi connectivity index (χ2v) is 10.0.